The Kier molecular flexibility index (Phi) is 23.9. The number of carbonyl (C=O) groups excluding carboxylic acids is 3. The van der Waals surface area contributed by atoms with Crippen LogP contribution in [0.4, 0.5) is 0 Å². The second-order valence-electron chi connectivity index (χ2n) is 6.07. The smallest absolute Gasteiger partial charge is 0.306 e. The Morgan fingerprint density at radius 3 is 1.37 bits per heavy atom. The number of nitrogens with zero attached hydrogens (tertiary/aromatic N) is 1. The third-order valence-electron chi connectivity index (χ3n) is 4.02. The minimum atomic E-state index is -0.237. The molecule has 0 amide bonds. The number of hydrogen-bond acceptors (Lipinski definition) is 10. The molecule has 0 radical (unpaired) electrons. The summed E-state index contributed by atoms with van der Waals surface area (Å²) < 4.78 is 13.9. The van der Waals surface area contributed by atoms with Crippen molar-refractivity contribution in [1.82, 2.24) is 20.9 Å². The molecule has 0 aromatic rings. The van der Waals surface area contributed by atoms with E-state index in [1.54, 1.807) is 0 Å². The molecule has 0 rings (SSSR count). The minimum absolute atomic E-state index is 0.220. The van der Waals surface area contributed by atoms with Gasteiger partial charge in [0.2, 0.25) is 0 Å². The zero-order valence-corrected chi connectivity index (χ0v) is 19.4. The van der Waals surface area contributed by atoms with E-state index in [0.29, 0.717) is 45.4 Å². The summed E-state index contributed by atoms with van der Waals surface area (Å²) in [5.41, 5.74) is 0. The van der Waals surface area contributed by atoms with Gasteiger partial charge in [-0.05, 0) is 0 Å². The Labute approximate surface area is 181 Å². The normalized spacial score (nSPS) is 10.2. The van der Waals surface area contributed by atoms with Crippen LogP contribution in [0.2, 0.25) is 0 Å². The number of methoxy groups -OCH3 is 3. The lowest BCUT2D eigenvalue weighted by Crippen LogP contribution is -2.39. The molecule has 3 N–H and O–H groups in total. The Hall–Kier alpha value is -1.75. The highest BCUT2D eigenvalue weighted by atomic mass is 16.5. The van der Waals surface area contributed by atoms with Crippen molar-refractivity contribution >= 4 is 17.9 Å². The van der Waals surface area contributed by atoms with Gasteiger partial charge < -0.3 is 35.1 Å². The standard InChI is InChI=1S/C18H36N4O6.C2H6/c1-26-16(23)4-7-19-9-10-21-12-15-22(13-6-18(25)28-3)14-11-20-8-5-17(24)27-2;1-2/h19-21H,4-15H2,1-3H3;1-2H3. The molecule has 0 spiro atoms. The van der Waals surface area contributed by atoms with Crippen LogP contribution in [-0.4, -0.2) is 103 Å². The topological polar surface area (TPSA) is 118 Å². The zero-order chi connectivity index (χ0) is 23.0. The van der Waals surface area contributed by atoms with Gasteiger partial charge in [0.1, 0.15) is 0 Å². The van der Waals surface area contributed by atoms with Gasteiger partial charge in [-0.15, -0.1) is 0 Å². The van der Waals surface area contributed by atoms with Gasteiger partial charge in [0, 0.05) is 58.9 Å². The quantitative estimate of drug-likeness (QED) is 0.152. The molecule has 0 unspecified atom stereocenters. The van der Waals surface area contributed by atoms with Gasteiger partial charge >= 0.3 is 17.9 Å². The molecular formula is C20H42N4O6. The van der Waals surface area contributed by atoms with Crippen molar-refractivity contribution in [3.63, 3.8) is 0 Å². The molecule has 0 aromatic carbocycles. The summed E-state index contributed by atoms with van der Waals surface area (Å²) in [6.07, 6.45) is 1.04. The molecule has 0 aliphatic carbocycles. The van der Waals surface area contributed by atoms with Crippen LogP contribution >= 0.6 is 0 Å². The Morgan fingerprint density at radius 1 is 0.567 bits per heavy atom. The molecule has 0 bridgehead atoms. The van der Waals surface area contributed by atoms with Crippen LogP contribution in [0.1, 0.15) is 33.1 Å². The SMILES string of the molecule is CC.COC(=O)CCNCCNCCN(CCNCCC(=O)OC)CCC(=O)OC. The fourth-order valence-electron chi connectivity index (χ4n) is 2.30. The number of nitrogens with one attached hydrogen (secondary N) is 3. The van der Waals surface area contributed by atoms with Gasteiger partial charge in [-0.25, -0.2) is 0 Å². The van der Waals surface area contributed by atoms with E-state index in [9.17, 15) is 14.4 Å². The summed E-state index contributed by atoms with van der Waals surface area (Å²) in [5.74, 6) is -0.687. The van der Waals surface area contributed by atoms with Crippen LogP contribution < -0.4 is 16.0 Å². The number of carbonyl (C=O) groups is 3. The molecule has 30 heavy (non-hydrogen) atoms. The maximum absolute atomic E-state index is 11.4. The summed E-state index contributed by atoms with van der Waals surface area (Å²) in [5, 5.41) is 9.68. The van der Waals surface area contributed by atoms with E-state index in [-0.39, 0.29) is 17.9 Å². The number of rotatable bonds is 18. The molecule has 0 aliphatic rings. The largest absolute Gasteiger partial charge is 0.469 e. The highest BCUT2D eigenvalue weighted by Crippen LogP contribution is 1.93. The van der Waals surface area contributed by atoms with Crippen LogP contribution in [0.3, 0.4) is 0 Å². The highest BCUT2D eigenvalue weighted by molar-refractivity contribution is 5.69. The van der Waals surface area contributed by atoms with Gasteiger partial charge in [-0.2, -0.15) is 0 Å². The maximum atomic E-state index is 11.4. The van der Waals surface area contributed by atoms with E-state index < -0.39 is 0 Å². The second kappa shape index (κ2) is 23.5. The Morgan fingerprint density at radius 2 is 0.933 bits per heavy atom. The first-order chi connectivity index (χ1) is 14.5. The summed E-state index contributed by atoms with van der Waals surface area (Å²) in [6, 6.07) is 0. The van der Waals surface area contributed by atoms with Crippen molar-refractivity contribution < 1.29 is 28.6 Å². The lowest BCUT2D eigenvalue weighted by atomic mass is 10.3. The molecule has 0 aliphatic heterocycles. The lowest BCUT2D eigenvalue weighted by Gasteiger charge is -2.22. The average molecular weight is 435 g/mol. The molecular weight excluding hydrogens is 392 g/mol. The second-order valence-corrected chi connectivity index (χ2v) is 6.07. The first-order valence-corrected chi connectivity index (χ1v) is 10.6. The molecule has 0 heterocycles. The summed E-state index contributed by atoms with van der Waals surface area (Å²) in [4.78, 5) is 35.6. The van der Waals surface area contributed by atoms with Gasteiger partial charge in [-0.1, -0.05) is 13.8 Å². The average Bonchev–Trinajstić information content (AvgIpc) is 2.78. The molecule has 0 fully saturated rings. The molecule has 10 heteroatoms. The lowest BCUT2D eigenvalue weighted by molar-refractivity contribution is -0.141. The Balaban J connectivity index is 0. The third-order valence-corrected chi connectivity index (χ3v) is 4.02. The first kappa shape index (κ1) is 30.4. The molecule has 178 valence electrons. The van der Waals surface area contributed by atoms with E-state index in [4.69, 9.17) is 4.74 Å². The first-order valence-electron chi connectivity index (χ1n) is 10.6. The molecule has 0 aromatic heterocycles. The molecule has 0 saturated heterocycles. The van der Waals surface area contributed by atoms with Gasteiger partial charge in [0.05, 0.1) is 40.6 Å². The van der Waals surface area contributed by atoms with Crippen LogP contribution in [0.15, 0.2) is 0 Å². The number of ether oxygens (including phenoxy) is 3. The summed E-state index contributed by atoms with van der Waals surface area (Å²) in [6.45, 7) is 10.4. The maximum Gasteiger partial charge on any atom is 0.306 e. The van der Waals surface area contributed by atoms with Crippen molar-refractivity contribution in [2.75, 3.05) is 80.2 Å². The van der Waals surface area contributed by atoms with Crippen LogP contribution in [0.5, 0.6) is 0 Å². The monoisotopic (exact) mass is 434 g/mol. The van der Waals surface area contributed by atoms with Gasteiger partial charge in [0.15, 0.2) is 0 Å². The predicted octanol–water partition coefficient (Wildman–Crippen LogP) is -0.227. The van der Waals surface area contributed by atoms with E-state index >= 15 is 0 Å². The van der Waals surface area contributed by atoms with E-state index in [2.05, 4.69) is 30.3 Å². The molecule has 10 nitrogen and oxygen atoms in total. The van der Waals surface area contributed by atoms with E-state index in [1.165, 1.54) is 21.3 Å². The minimum Gasteiger partial charge on any atom is -0.469 e. The number of esters is 3. The van der Waals surface area contributed by atoms with E-state index in [1.807, 2.05) is 13.8 Å². The predicted molar refractivity (Wildman–Crippen MR) is 116 cm³/mol. The van der Waals surface area contributed by atoms with Crippen molar-refractivity contribution in [3.8, 4) is 0 Å². The number of hydrogen-bond donors (Lipinski definition) is 3. The van der Waals surface area contributed by atoms with Gasteiger partial charge in [0.25, 0.3) is 0 Å². The fourth-order valence-corrected chi connectivity index (χ4v) is 2.30. The van der Waals surface area contributed by atoms with Crippen molar-refractivity contribution in [3.05, 3.63) is 0 Å². The van der Waals surface area contributed by atoms with Crippen LogP contribution in [-0.2, 0) is 28.6 Å². The van der Waals surface area contributed by atoms with Gasteiger partial charge in [-0.3, -0.25) is 14.4 Å². The third kappa shape index (κ3) is 21.0. The fraction of sp³-hybridized carbons (Fsp3) is 0.850. The van der Waals surface area contributed by atoms with Crippen molar-refractivity contribution in [2.24, 2.45) is 0 Å². The van der Waals surface area contributed by atoms with Crippen LogP contribution in [0, 0.1) is 0 Å². The van der Waals surface area contributed by atoms with E-state index in [0.717, 1.165) is 32.7 Å². The molecule has 0 atom stereocenters. The van der Waals surface area contributed by atoms with Crippen LogP contribution in [0.25, 0.3) is 0 Å². The molecule has 0 saturated carbocycles. The summed E-state index contributed by atoms with van der Waals surface area (Å²) in [7, 11) is 4.14. The summed E-state index contributed by atoms with van der Waals surface area (Å²) >= 11 is 0. The van der Waals surface area contributed by atoms with Crippen molar-refractivity contribution in [2.45, 2.75) is 33.1 Å². The van der Waals surface area contributed by atoms with Crippen molar-refractivity contribution in [1.29, 1.82) is 0 Å². The highest BCUT2D eigenvalue weighted by Gasteiger charge is 2.08. The zero-order valence-electron chi connectivity index (χ0n) is 19.4. The Bertz CT molecular complexity index is 438.